The van der Waals surface area contributed by atoms with Crippen LogP contribution in [-0.2, 0) is 0 Å². The van der Waals surface area contributed by atoms with Crippen molar-refractivity contribution in [1.82, 2.24) is 5.43 Å². The Morgan fingerprint density at radius 1 is 1.32 bits per heavy atom. The molecule has 0 radical (unpaired) electrons. The number of benzene rings is 2. The lowest BCUT2D eigenvalue weighted by Crippen LogP contribution is -2.24. The number of rotatable bonds is 4. The van der Waals surface area contributed by atoms with Gasteiger partial charge in [0.2, 0.25) is 0 Å². The lowest BCUT2D eigenvalue weighted by Gasteiger charge is -2.07. The quantitative estimate of drug-likeness (QED) is 0.459. The first-order chi connectivity index (χ1) is 10.6. The molecule has 0 aliphatic rings. The van der Waals surface area contributed by atoms with Crippen molar-refractivity contribution in [3.05, 3.63) is 53.8 Å². The van der Waals surface area contributed by atoms with Crippen molar-refractivity contribution in [2.75, 3.05) is 12.4 Å². The van der Waals surface area contributed by atoms with E-state index < -0.39 is 5.82 Å². The molecule has 0 unspecified atom stereocenters. The summed E-state index contributed by atoms with van der Waals surface area (Å²) in [6, 6.07) is 11.0. The molecule has 0 bridgehead atoms. The Kier molecular flexibility index (Phi) is 5.26. The van der Waals surface area contributed by atoms with Crippen molar-refractivity contribution in [1.29, 1.82) is 0 Å². The number of aromatic hydroxyl groups is 1. The van der Waals surface area contributed by atoms with E-state index in [9.17, 15) is 9.50 Å². The standard InChI is InChI=1S/C15H14FN3O2S/c1-21-14-8-10(6-7-13(14)20)9-17-19-15(22)18-12-5-3-2-4-11(12)16/h2-9,20H,1H3,(H2,18,19,22)/b17-9+. The number of thiocarbonyl (C=S) groups is 1. The highest BCUT2D eigenvalue weighted by Gasteiger charge is 2.02. The third kappa shape index (κ3) is 4.16. The fraction of sp³-hybridized carbons (Fsp3) is 0.0667. The third-order valence-electron chi connectivity index (χ3n) is 2.71. The predicted octanol–water partition coefficient (Wildman–Crippen LogP) is 2.86. The van der Waals surface area contributed by atoms with Gasteiger partial charge in [-0.1, -0.05) is 12.1 Å². The van der Waals surface area contributed by atoms with Crippen molar-refractivity contribution in [3.63, 3.8) is 0 Å². The largest absolute Gasteiger partial charge is 0.504 e. The highest BCUT2D eigenvalue weighted by molar-refractivity contribution is 7.80. The van der Waals surface area contributed by atoms with Crippen LogP contribution in [0, 0.1) is 5.82 Å². The normalized spacial score (nSPS) is 10.5. The maximum atomic E-state index is 13.4. The molecule has 0 spiro atoms. The first-order valence-corrected chi connectivity index (χ1v) is 6.72. The monoisotopic (exact) mass is 319 g/mol. The number of phenolic OH excluding ortho intramolecular Hbond substituents is 1. The molecule has 3 N–H and O–H groups in total. The number of ether oxygens (including phenoxy) is 1. The van der Waals surface area contributed by atoms with Crippen LogP contribution in [0.1, 0.15) is 5.56 Å². The Labute approximate surface area is 132 Å². The minimum absolute atomic E-state index is 0.0457. The first kappa shape index (κ1) is 15.7. The van der Waals surface area contributed by atoms with E-state index in [0.29, 0.717) is 11.3 Å². The number of nitrogens with one attached hydrogen (secondary N) is 2. The molecule has 0 fully saturated rings. The van der Waals surface area contributed by atoms with Crippen LogP contribution in [0.2, 0.25) is 0 Å². The maximum Gasteiger partial charge on any atom is 0.191 e. The number of hydrogen-bond donors (Lipinski definition) is 3. The Hall–Kier alpha value is -2.67. The van der Waals surface area contributed by atoms with Gasteiger partial charge in [0.25, 0.3) is 0 Å². The molecule has 0 aromatic heterocycles. The van der Waals surface area contributed by atoms with Gasteiger partial charge in [0, 0.05) is 0 Å². The molecule has 2 aromatic carbocycles. The Morgan fingerprint density at radius 2 is 2.09 bits per heavy atom. The molecule has 2 aromatic rings. The van der Waals surface area contributed by atoms with Gasteiger partial charge in [-0.3, -0.25) is 5.43 Å². The summed E-state index contributed by atoms with van der Waals surface area (Å²) in [5.41, 5.74) is 3.55. The second kappa shape index (κ2) is 7.37. The molecule has 0 aliphatic heterocycles. The van der Waals surface area contributed by atoms with Crippen LogP contribution >= 0.6 is 12.2 Å². The molecule has 0 heterocycles. The molecular weight excluding hydrogens is 305 g/mol. The van der Waals surface area contributed by atoms with E-state index in [1.54, 1.807) is 30.3 Å². The number of hydrogen-bond acceptors (Lipinski definition) is 4. The van der Waals surface area contributed by atoms with Gasteiger partial charge >= 0.3 is 0 Å². The van der Waals surface area contributed by atoms with Crippen LogP contribution in [0.4, 0.5) is 10.1 Å². The zero-order valence-electron chi connectivity index (χ0n) is 11.7. The highest BCUT2D eigenvalue weighted by atomic mass is 32.1. The van der Waals surface area contributed by atoms with E-state index in [1.165, 1.54) is 25.5 Å². The number of phenols is 1. The fourth-order valence-electron chi connectivity index (χ4n) is 1.65. The van der Waals surface area contributed by atoms with Gasteiger partial charge in [-0.2, -0.15) is 5.10 Å². The molecule has 0 saturated heterocycles. The summed E-state index contributed by atoms with van der Waals surface area (Å²) in [5, 5.41) is 16.3. The van der Waals surface area contributed by atoms with E-state index in [4.69, 9.17) is 17.0 Å². The topological polar surface area (TPSA) is 65.9 Å². The molecule has 0 amide bonds. The summed E-state index contributed by atoms with van der Waals surface area (Å²) < 4.78 is 18.4. The second-order valence-corrected chi connectivity index (χ2v) is 4.64. The average molecular weight is 319 g/mol. The zero-order valence-corrected chi connectivity index (χ0v) is 12.5. The molecular formula is C15H14FN3O2S. The van der Waals surface area contributed by atoms with Crippen LogP contribution in [-0.4, -0.2) is 23.5 Å². The predicted molar refractivity (Wildman–Crippen MR) is 88.0 cm³/mol. The van der Waals surface area contributed by atoms with Crippen molar-refractivity contribution >= 4 is 29.2 Å². The molecule has 0 aliphatic carbocycles. The van der Waals surface area contributed by atoms with Crippen LogP contribution in [0.25, 0.3) is 0 Å². The number of methoxy groups -OCH3 is 1. The summed E-state index contributed by atoms with van der Waals surface area (Å²) in [6.45, 7) is 0. The third-order valence-corrected chi connectivity index (χ3v) is 2.90. The zero-order chi connectivity index (χ0) is 15.9. The fourth-order valence-corrected chi connectivity index (χ4v) is 1.82. The SMILES string of the molecule is COc1cc(/C=N/NC(=S)Nc2ccccc2F)ccc1O. The van der Waals surface area contributed by atoms with E-state index in [2.05, 4.69) is 15.8 Å². The summed E-state index contributed by atoms with van der Waals surface area (Å²) in [6.07, 6.45) is 1.50. The van der Waals surface area contributed by atoms with Crippen molar-refractivity contribution in [2.45, 2.75) is 0 Å². The Morgan fingerprint density at radius 3 is 2.82 bits per heavy atom. The number of hydrazone groups is 1. The maximum absolute atomic E-state index is 13.4. The molecule has 2 rings (SSSR count). The molecule has 0 atom stereocenters. The van der Waals surface area contributed by atoms with Crippen LogP contribution < -0.4 is 15.5 Å². The van der Waals surface area contributed by atoms with Gasteiger partial charge < -0.3 is 15.2 Å². The van der Waals surface area contributed by atoms with Gasteiger partial charge in [-0.15, -0.1) is 0 Å². The summed E-state index contributed by atoms with van der Waals surface area (Å²) in [5.74, 6) is -0.0146. The Balaban J connectivity index is 1.95. The molecule has 22 heavy (non-hydrogen) atoms. The summed E-state index contributed by atoms with van der Waals surface area (Å²) in [7, 11) is 1.46. The van der Waals surface area contributed by atoms with Crippen LogP contribution in [0.3, 0.4) is 0 Å². The summed E-state index contributed by atoms with van der Waals surface area (Å²) in [4.78, 5) is 0. The minimum atomic E-state index is -0.404. The van der Waals surface area contributed by atoms with E-state index in [0.717, 1.165) is 0 Å². The first-order valence-electron chi connectivity index (χ1n) is 6.31. The van der Waals surface area contributed by atoms with Crippen molar-refractivity contribution in [2.24, 2.45) is 5.10 Å². The molecule has 7 heteroatoms. The minimum Gasteiger partial charge on any atom is -0.504 e. The van der Waals surface area contributed by atoms with E-state index in [1.807, 2.05) is 0 Å². The second-order valence-electron chi connectivity index (χ2n) is 4.24. The average Bonchev–Trinajstić information content (AvgIpc) is 2.51. The van der Waals surface area contributed by atoms with Crippen LogP contribution in [0.5, 0.6) is 11.5 Å². The lowest BCUT2D eigenvalue weighted by molar-refractivity contribution is 0.373. The van der Waals surface area contributed by atoms with Gasteiger partial charge in [0.15, 0.2) is 16.6 Å². The number of nitrogens with zero attached hydrogens (tertiary/aromatic N) is 1. The van der Waals surface area contributed by atoms with E-state index in [-0.39, 0.29) is 16.5 Å². The number of para-hydroxylation sites is 1. The highest BCUT2D eigenvalue weighted by Crippen LogP contribution is 2.25. The Bertz CT molecular complexity index is 707. The van der Waals surface area contributed by atoms with Gasteiger partial charge in [-0.25, -0.2) is 4.39 Å². The molecule has 0 saturated carbocycles. The van der Waals surface area contributed by atoms with Crippen LogP contribution in [0.15, 0.2) is 47.6 Å². The molecule has 5 nitrogen and oxygen atoms in total. The van der Waals surface area contributed by atoms with Crippen molar-refractivity contribution in [3.8, 4) is 11.5 Å². The number of halogens is 1. The lowest BCUT2D eigenvalue weighted by atomic mass is 10.2. The van der Waals surface area contributed by atoms with Gasteiger partial charge in [0.05, 0.1) is 19.0 Å². The van der Waals surface area contributed by atoms with Gasteiger partial charge in [-0.05, 0) is 48.1 Å². The molecule has 114 valence electrons. The smallest absolute Gasteiger partial charge is 0.191 e. The van der Waals surface area contributed by atoms with Gasteiger partial charge in [0.1, 0.15) is 5.82 Å². The number of anilines is 1. The van der Waals surface area contributed by atoms with E-state index >= 15 is 0 Å². The summed E-state index contributed by atoms with van der Waals surface area (Å²) >= 11 is 5.01. The van der Waals surface area contributed by atoms with Crippen molar-refractivity contribution < 1.29 is 14.2 Å².